The van der Waals surface area contributed by atoms with Crippen molar-refractivity contribution < 1.29 is 22.4 Å². The van der Waals surface area contributed by atoms with Crippen LogP contribution in [0.2, 0.25) is 0 Å². The molecule has 0 spiro atoms. The van der Waals surface area contributed by atoms with Gasteiger partial charge in [0.25, 0.3) is 0 Å². The van der Waals surface area contributed by atoms with Gasteiger partial charge in [0.15, 0.2) is 0 Å². The second-order valence-corrected chi connectivity index (χ2v) is 4.69. The van der Waals surface area contributed by atoms with Crippen LogP contribution in [0, 0.1) is 6.92 Å². The lowest BCUT2D eigenvalue weighted by Crippen LogP contribution is -2.39. The molecule has 1 aromatic rings. The second kappa shape index (κ2) is 4.92. The fourth-order valence-corrected chi connectivity index (χ4v) is 1.89. The van der Waals surface area contributed by atoms with E-state index in [-0.39, 0.29) is 6.54 Å². The van der Waals surface area contributed by atoms with Gasteiger partial charge in [-0.1, -0.05) is 6.07 Å². The zero-order chi connectivity index (χ0) is 15.0. The number of alkyl halides is 4. The topological polar surface area (TPSA) is 45.2 Å². The molecule has 110 valence electrons. The van der Waals surface area contributed by atoms with Gasteiger partial charge in [0.05, 0.1) is 25.3 Å². The summed E-state index contributed by atoms with van der Waals surface area (Å²) >= 11 is 0. The summed E-state index contributed by atoms with van der Waals surface area (Å²) in [7, 11) is 0. The lowest BCUT2D eigenvalue weighted by molar-refractivity contribution is -0.172. The Bertz CT molecular complexity index is 505. The second-order valence-electron chi connectivity index (χ2n) is 4.69. The standard InChI is InChI=1S/C12H13F4N3O/c1-8-3-2-4-9(18-8)5-17-10(20)19-6-11(13,14)12(15,16)7-19/h2-4H,5-7H2,1H3,(H,17,20). The van der Waals surface area contributed by atoms with Crippen molar-refractivity contribution in [1.82, 2.24) is 15.2 Å². The molecule has 0 aliphatic carbocycles. The Morgan fingerprint density at radius 2 is 1.90 bits per heavy atom. The Labute approximate surface area is 112 Å². The van der Waals surface area contributed by atoms with Crippen LogP contribution < -0.4 is 5.32 Å². The van der Waals surface area contributed by atoms with E-state index in [1.807, 2.05) is 0 Å². The number of pyridine rings is 1. The molecule has 0 unspecified atom stereocenters. The van der Waals surface area contributed by atoms with E-state index in [4.69, 9.17) is 0 Å². The molecule has 1 fully saturated rings. The van der Waals surface area contributed by atoms with Gasteiger partial charge in [-0.25, -0.2) is 4.79 Å². The molecule has 2 amide bonds. The van der Waals surface area contributed by atoms with E-state index in [2.05, 4.69) is 10.3 Å². The third-order valence-electron chi connectivity index (χ3n) is 2.97. The molecule has 1 N–H and O–H groups in total. The smallest absolute Gasteiger partial charge is 0.329 e. The van der Waals surface area contributed by atoms with Crippen LogP contribution in [-0.4, -0.2) is 40.8 Å². The summed E-state index contributed by atoms with van der Waals surface area (Å²) in [5.41, 5.74) is 1.26. The van der Waals surface area contributed by atoms with Gasteiger partial charge < -0.3 is 10.2 Å². The van der Waals surface area contributed by atoms with Crippen molar-refractivity contribution in [2.24, 2.45) is 0 Å². The van der Waals surface area contributed by atoms with Crippen molar-refractivity contribution >= 4 is 6.03 Å². The molecule has 2 rings (SSSR count). The van der Waals surface area contributed by atoms with Gasteiger partial charge in [-0.05, 0) is 19.1 Å². The number of likely N-dealkylation sites (tertiary alicyclic amines) is 1. The van der Waals surface area contributed by atoms with Gasteiger partial charge in [0.1, 0.15) is 0 Å². The van der Waals surface area contributed by atoms with Gasteiger partial charge in [-0.15, -0.1) is 0 Å². The average molecular weight is 291 g/mol. The maximum atomic E-state index is 13.0. The number of halogens is 4. The number of rotatable bonds is 2. The number of aryl methyl sites for hydroxylation is 1. The maximum absolute atomic E-state index is 13.0. The number of hydrogen-bond donors (Lipinski definition) is 1. The van der Waals surface area contributed by atoms with Gasteiger partial charge in [0, 0.05) is 5.69 Å². The first-order valence-electron chi connectivity index (χ1n) is 5.92. The van der Waals surface area contributed by atoms with Crippen molar-refractivity contribution in [3.05, 3.63) is 29.6 Å². The predicted molar refractivity (Wildman–Crippen MR) is 62.7 cm³/mol. The molecule has 0 saturated carbocycles. The van der Waals surface area contributed by atoms with E-state index in [1.165, 1.54) is 0 Å². The van der Waals surface area contributed by atoms with Crippen LogP contribution in [0.15, 0.2) is 18.2 Å². The van der Waals surface area contributed by atoms with Crippen molar-refractivity contribution in [3.8, 4) is 0 Å². The van der Waals surface area contributed by atoms with Crippen LogP contribution in [-0.2, 0) is 6.54 Å². The summed E-state index contributed by atoms with van der Waals surface area (Å²) in [5, 5.41) is 2.30. The first-order chi connectivity index (χ1) is 9.21. The normalized spacial score (nSPS) is 19.9. The van der Waals surface area contributed by atoms with Gasteiger partial charge in [0.2, 0.25) is 0 Å². The average Bonchev–Trinajstić information content (AvgIpc) is 2.56. The number of carbonyl (C=O) groups excluding carboxylic acids is 1. The van der Waals surface area contributed by atoms with E-state index in [9.17, 15) is 22.4 Å². The molecule has 2 heterocycles. The third kappa shape index (κ3) is 2.83. The molecular formula is C12H13F4N3O. The number of urea groups is 1. The summed E-state index contributed by atoms with van der Waals surface area (Å²) in [6, 6.07) is 4.17. The van der Waals surface area contributed by atoms with Crippen LogP contribution in [0.4, 0.5) is 22.4 Å². The van der Waals surface area contributed by atoms with Crippen LogP contribution in [0.1, 0.15) is 11.4 Å². The zero-order valence-corrected chi connectivity index (χ0v) is 10.7. The van der Waals surface area contributed by atoms with E-state index < -0.39 is 31.0 Å². The summed E-state index contributed by atoms with van der Waals surface area (Å²) in [6.07, 6.45) is 0. The summed E-state index contributed by atoms with van der Waals surface area (Å²) in [4.78, 5) is 16.1. The number of nitrogens with zero attached hydrogens (tertiary/aromatic N) is 2. The molecule has 0 bridgehead atoms. The van der Waals surface area contributed by atoms with Crippen LogP contribution >= 0.6 is 0 Å². The molecule has 20 heavy (non-hydrogen) atoms. The summed E-state index contributed by atoms with van der Waals surface area (Å²) < 4.78 is 51.9. The van der Waals surface area contributed by atoms with Crippen molar-refractivity contribution in [2.45, 2.75) is 25.3 Å². The highest BCUT2D eigenvalue weighted by molar-refractivity contribution is 5.74. The van der Waals surface area contributed by atoms with Crippen LogP contribution in [0.5, 0.6) is 0 Å². The molecule has 0 atom stereocenters. The van der Waals surface area contributed by atoms with Crippen molar-refractivity contribution in [2.75, 3.05) is 13.1 Å². The first-order valence-corrected chi connectivity index (χ1v) is 5.92. The lowest BCUT2D eigenvalue weighted by Gasteiger charge is -2.15. The van der Waals surface area contributed by atoms with Crippen molar-refractivity contribution in [1.29, 1.82) is 0 Å². The highest BCUT2D eigenvalue weighted by atomic mass is 19.3. The van der Waals surface area contributed by atoms with Crippen molar-refractivity contribution in [3.63, 3.8) is 0 Å². The highest BCUT2D eigenvalue weighted by Crippen LogP contribution is 2.40. The Hall–Kier alpha value is -1.86. The SMILES string of the molecule is Cc1cccc(CNC(=O)N2CC(F)(F)C(F)(F)C2)n1. The Kier molecular flexibility index (Phi) is 3.58. The minimum absolute atomic E-state index is 0.00580. The van der Waals surface area contributed by atoms with E-state index in [1.54, 1.807) is 25.1 Å². The molecule has 0 radical (unpaired) electrons. The van der Waals surface area contributed by atoms with Crippen LogP contribution in [0.3, 0.4) is 0 Å². The molecule has 1 aliphatic rings. The van der Waals surface area contributed by atoms with E-state index in [0.717, 1.165) is 5.69 Å². The Balaban J connectivity index is 1.94. The van der Waals surface area contributed by atoms with E-state index >= 15 is 0 Å². The molecule has 8 heteroatoms. The number of hydrogen-bond acceptors (Lipinski definition) is 2. The Morgan fingerprint density at radius 1 is 1.30 bits per heavy atom. The lowest BCUT2D eigenvalue weighted by atomic mass is 10.2. The zero-order valence-electron chi connectivity index (χ0n) is 10.7. The first kappa shape index (κ1) is 14.5. The third-order valence-corrected chi connectivity index (χ3v) is 2.97. The molecule has 1 saturated heterocycles. The van der Waals surface area contributed by atoms with E-state index in [0.29, 0.717) is 10.6 Å². The summed E-state index contributed by atoms with van der Waals surface area (Å²) in [6.45, 7) is -0.818. The monoisotopic (exact) mass is 291 g/mol. The minimum atomic E-state index is -4.19. The fraction of sp³-hybridized carbons (Fsp3) is 0.500. The molecule has 1 aliphatic heterocycles. The molecular weight excluding hydrogens is 278 g/mol. The largest absolute Gasteiger partial charge is 0.332 e. The summed E-state index contributed by atoms with van der Waals surface area (Å²) in [5.74, 6) is -8.38. The number of aromatic nitrogens is 1. The fourth-order valence-electron chi connectivity index (χ4n) is 1.89. The van der Waals surface area contributed by atoms with Gasteiger partial charge >= 0.3 is 17.9 Å². The molecule has 4 nitrogen and oxygen atoms in total. The highest BCUT2D eigenvalue weighted by Gasteiger charge is 2.63. The van der Waals surface area contributed by atoms with Gasteiger partial charge in [-0.2, -0.15) is 17.6 Å². The maximum Gasteiger partial charge on any atom is 0.329 e. The number of nitrogens with one attached hydrogen (secondary N) is 1. The minimum Gasteiger partial charge on any atom is -0.332 e. The molecule has 0 aromatic carbocycles. The number of carbonyl (C=O) groups is 1. The Morgan fingerprint density at radius 3 is 2.45 bits per heavy atom. The van der Waals surface area contributed by atoms with Gasteiger partial charge in [-0.3, -0.25) is 4.98 Å². The van der Waals surface area contributed by atoms with Crippen LogP contribution in [0.25, 0.3) is 0 Å². The molecule has 1 aromatic heterocycles. The quantitative estimate of drug-likeness (QED) is 0.849. The number of amides is 2. The predicted octanol–water partition coefficient (Wildman–Crippen LogP) is 2.19.